The number of hydrogen-bond donors (Lipinski definition) is 2. The number of ether oxygens (including phenoxy) is 1. The first-order chi connectivity index (χ1) is 11.5. The molecule has 24 heavy (non-hydrogen) atoms. The van der Waals surface area contributed by atoms with E-state index in [2.05, 4.69) is 10.1 Å². The highest BCUT2D eigenvalue weighted by Gasteiger charge is 2.55. The van der Waals surface area contributed by atoms with E-state index >= 15 is 0 Å². The summed E-state index contributed by atoms with van der Waals surface area (Å²) in [5.74, 6) is -1.25. The zero-order valence-electron chi connectivity index (χ0n) is 13.1. The Labute approximate surface area is 138 Å². The zero-order valence-corrected chi connectivity index (χ0v) is 13.1. The Kier molecular flexibility index (Phi) is 3.96. The highest BCUT2D eigenvalue weighted by atomic mass is 16.5. The van der Waals surface area contributed by atoms with Crippen molar-refractivity contribution >= 4 is 23.9 Å². The summed E-state index contributed by atoms with van der Waals surface area (Å²) in [4.78, 5) is 48.9. The molecule has 0 unspecified atom stereocenters. The number of urea groups is 1. The molecule has 0 bridgehead atoms. The molecule has 0 radical (unpaired) electrons. The van der Waals surface area contributed by atoms with Gasteiger partial charge in [0.15, 0.2) is 0 Å². The molecule has 1 aliphatic heterocycles. The fraction of sp³-hybridized carbons (Fsp3) is 0.375. The number of carbonyl (C=O) groups is 4. The normalized spacial score (nSPS) is 21.6. The Morgan fingerprint density at radius 2 is 2.08 bits per heavy atom. The number of amides is 5. The van der Waals surface area contributed by atoms with Crippen LogP contribution in [0.25, 0.3) is 0 Å². The van der Waals surface area contributed by atoms with Crippen LogP contribution in [0.3, 0.4) is 0 Å². The highest BCUT2D eigenvalue weighted by Crippen LogP contribution is 2.41. The summed E-state index contributed by atoms with van der Waals surface area (Å²) >= 11 is 0. The maximum atomic E-state index is 12.8. The number of hydrogen-bond acceptors (Lipinski definition) is 5. The average molecular weight is 331 g/mol. The first-order valence-electron chi connectivity index (χ1n) is 7.67. The molecule has 0 saturated carbocycles. The molecule has 1 aromatic rings. The number of alkyl carbamates (subject to hydrolysis) is 1. The Morgan fingerprint density at radius 3 is 2.83 bits per heavy atom. The monoisotopic (exact) mass is 331 g/mol. The van der Waals surface area contributed by atoms with Gasteiger partial charge in [0, 0.05) is 0 Å². The van der Waals surface area contributed by atoms with Crippen LogP contribution < -0.4 is 10.6 Å². The summed E-state index contributed by atoms with van der Waals surface area (Å²) in [6, 6.07) is 6.77. The smallest absolute Gasteiger partial charge is 0.413 e. The van der Waals surface area contributed by atoms with Crippen LogP contribution in [0.4, 0.5) is 9.59 Å². The van der Waals surface area contributed by atoms with Gasteiger partial charge in [-0.2, -0.15) is 0 Å². The molecule has 2 aliphatic rings. The van der Waals surface area contributed by atoms with Gasteiger partial charge in [0.2, 0.25) is 5.91 Å². The predicted molar refractivity (Wildman–Crippen MR) is 81.9 cm³/mol. The Hall–Kier alpha value is -2.90. The molecule has 1 atom stereocenters. The minimum atomic E-state index is -1.11. The van der Waals surface area contributed by atoms with E-state index in [9.17, 15) is 19.2 Å². The lowest BCUT2D eigenvalue weighted by molar-refractivity contribution is -0.135. The number of benzene rings is 1. The van der Waals surface area contributed by atoms with E-state index in [1.165, 1.54) is 0 Å². The van der Waals surface area contributed by atoms with Crippen molar-refractivity contribution in [3.63, 3.8) is 0 Å². The molecule has 3 rings (SSSR count). The molecule has 1 fully saturated rings. The first kappa shape index (κ1) is 16.0. The fourth-order valence-corrected chi connectivity index (χ4v) is 3.20. The molecule has 1 spiro atoms. The van der Waals surface area contributed by atoms with E-state index in [0.717, 1.165) is 16.0 Å². The molecule has 0 aromatic heterocycles. The third-order valence-corrected chi connectivity index (χ3v) is 4.24. The molecular formula is C16H17N3O5. The van der Waals surface area contributed by atoms with Gasteiger partial charge in [0.25, 0.3) is 5.91 Å². The lowest BCUT2D eigenvalue weighted by Gasteiger charge is -2.22. The molecule has 5 amide bonds. The summed E-state index contributed by atoms with van der Waals surface area (Å²) in [7, 11) is 0. The van der Waals surface area contributed by atoms with Gasteiger partial charge in [0.1, 0.15) is 12.1 Å². The minimum Gasteiger partial charge on any atom is -0.450 e. The van der Waals surface area contributed by atoms with Crippen molar-refractivity contribution in [2.24, 2.45) is 0 Å². The zero-order chi connectivity index (χ0) is 17.3. The number of nitrogens with one attached hydrogen (secondary N) is 2. The third kappa shape index (κ3) is 2.49. The molecule has 126 valence electrons. The first-order valence-corrected chi connectivity index (χ1v) is 7.67. The van der Waals surface area contributed by atoms with Crippen molar-refractivity contribution in [1.29, 1.82) is 0 Å². The minimum absolute atomic E-state index is 0.113. The highest BCUT2D eigenvalue weighted by molar-refractivity contribution is 6.10. The van der Waals surface area contributed by atoms with Crippen molar-refractivity contribution < 1.29 is 23.9 Å². The standard InChI is InChI=1S/C16H17N3O5/c1-2-24-15(23)17-12(20)9-19-13(21)16(18-14(19)22)8-7-10-5-3-4-6-11(10)16/h3-6H,2,7-9H2,1H3,(H,18,22)(H,17,20,23)/t16-/m1/s1. The number of imide groups is 2. The fourth-order valence-electron chi connectivity index (χ4n) is 3.20. The van der Waals surface area contributed by atoms with Gasteiger partial charge in [-0.05, 0) is 30.9 Å². The van der Waals surface area contributed by atoms with Crippen LogP contribution in [-0.2, 0) is 26.3 Å². The van der Waals surface area contributed by atoms with Gasteiger partial charge in [-0.15, -0.1) is 0 Å². The number of aryl methyl sites for hydroxylation is 1. The van der Waals surface area contributed by atoms with Crippen molar-refractivity contribution in [2.75, 3.05) is 13.2 Å². The van der Waals surface area contributed by atoms with Crippen LogP contribution in [0.1, 0.15) is 24.5 Å². The molecule has 2 N–H and O–H groups in total. The number of nitrogens with zero attached hydrogens (tertiary/aromatic N) is 1. The van der Waals surface area contributed by atoms with E-state index in [4.69, 9.17) is 0 Å². The van der Waals surface area contributed by atoms with Crippen molar-refractivity contribution in [2.45, 2.75) is 25.3 Å². The van der Waals surface area contributed by atoms with Crippen molar-refractivity contribution in [3.8, 4) is 0 Å². The second kappa shape index (κ2) is 5.95. The maximum Gasteiger partial charge on any atom is 0.413 e. The van der Waals surface area contributed by atoms with Crippen LogP contribution in [0.5, 0.6) is 0 Å². The molecular weight excluding hydrogens is 314 g/mol. The largest absolute Gasteiger partial charge is 0.450 e. The lowest BCUT2D eigenvalue weighted by atomic mass is 9.92. The van der Waals surface area contributed by atoms with Crippen LogP contribution in [-0.4, -0.2) is 42.0 Å². The summed E-state index contributed by atoms with van der Waals surface area (Å²) in [6.07, 6.45) is 0.216. The molecule has 8 nitrogen and oxygen atoms in total. The van der Waals surface area contributed by atoms with Gasteiger partial charge in [0.05, 0.1) is 6.61 Å². The van der Waals surface area contributed by atoms with Gasteiger partial charge in [-0.25, -0.2) is 9.59 Å². The summed E-state index contributed by atoms with van der Waals surface area (Å²) in [6.45, 7) is 1.18. The SMILES string of the molecule is CCOC(=O)NC(=O)CN1C(=O)N[C@@]2(CCc3ccccc32)C1=O. The van der Waals surface area contributed by atoms with Crippen LogP contribution in [0.15, 0.2) is 24.3 Å². The van der Waals surface area contributed by atoms with Crippen LogP contribution in [0.2, 0.25) is 0 Å². The number of rotatable bonds is 3. The van der Waals surface area contributed by atoms with E-state index in [-0.39, 0.29) is 6.61 Å². The molecule has 1 saturated heterocycles. The van der Waals surface area contributed by atoms with E-state index in [1.807, 2.05) is 29.6 Å². The maximum absolute atomic E-state index is 12.8. The predicted octanol–water partition coefficient (Wildman–Crippen LogP) is 0.653. The molecule has 8 heteroatoms. The van der Waals surface area contributed by atoms with Gasteiger partial charge >= 0.3 is 12.1 Å². The average Bonchev–Trinajstić information content (AvgIpc) is 3.02. The Morgan fingerprint density at radius 1 is 1.33 bits per heavy atom. The number of carbonyl (C=O) groups excluding carboxylic acids is 4. The van der Waals surface area contributed by atoms with Gasteiger partial charge < -0.3 is 10.1 Å². The topological polar surface area (TPSA) is 105 Å². The van der Waals surface area contributed by atoms with E-state index in [0.29, 0.717) is 12.8 Å². The Bertz CT molecular complexity index is 732. The molecule has 1 heterocycles. The summed E-state index contributed by atoms with van der Waals surface area (Å²) in [5.41, 5.74) is 0.651. The third-order valence-electron chi connectivity index (χ3n) is 4.24. The van der Waals surface area contributed by atoms with Crippen LogP contribution >= 0.6 is 0 Å². The second-order valence-corrected chi connectivity index (χ2v) is 5.65. The molecule has 1 aromatic carbocycles. The van der Waals surface area contributed by atoms with E-state index in [1.54, 1.807) is 6.92 Å². The Balaban J connectivity index is 1.76. The lowest BCUT2D eigenvalue weighted by Crippen LogP contribution is -2.44. The second-order valence-electron chi connectivity index (χ2n) is 5.65. The quantitative estimate of drug-likeness (QED) is 0.792. The molecule has 1 aliphatic carbocycles. The summed E-state index contributed by atoms with van der Waals surface area (Å²) < 4.78 is 4.60. The van der Waals surface area contributed by atoms with Gasteiger partial charge in [-0.1, -0.05) is 24.3 Å². The van der Waals surface area contributed by atoms with Crippen molar-refractivity contribution in [3.05, 3.63) is 35.4 Å². The van der Waals surface area contributed by atoms with E-state index < -0.39 is 36.0 Å². The summed E-state index contributed by atoms with van der Waals surface area (Å²) in [5, 5.41) is 4.68. The van der Waals surface area contributed by atoms with Crippen LogP contribution in [0, 0.1) is 0 Å². The van der Waals surface area contributed by atoms with Crippen molar-refractivity contribution in [1.82, 2.24) is 15.5 Å². The number of fused-ring (bicyclic) bond motifs is 2. The van der Waals surface area contributed by atoms with Gasteiger partial charge in [-0.3, -0.25) is 19.8 Å².